The van der Waals surface area contributed by atoms with E-state index < -0.39 is 0 Å². The molecule has 0 radical (unpaired) electrons. The van der Waals surface area contributed by atoms with Gasteiger partial charge in [0.05, 0.1) is 13.2 Å². The molecule has 2 fully saturated rings. The molecule has 2 saturated heterocycles. The number of rotatable bonds is 1. The van der Waals surface area contributed by atoms with Gasteiger partial charge in [-0.05, 0) is 20.3 Å². The maximum Gasteiger partial charge on any atom is 0.108 e. The first kappa shape index (κ1) is 8.48. The van der Waals surface area contributed by atoms with Crippen LogP contribution in [0.25, 0.3) is 0 Å². The summed E-state index contributed by atoms with van der Waals surface area (Å²) in [5.74, 6) is 0. The summed E-state index contributed by atoms with van der Waals surface area (Å²) in [7, 11) is 0. The molecule has 0 aromatic carbocycles. The molecule has 1 unspecified atom stereocenters. The van der Waals surface area contributed by atoms with E-state index in [4.69, 9.17) is 4.74 Å². The SMILES string of the molecule is CC(C)N1CC2(COC2)CC1O. The summed E-state index contributed by atoms with van der Waals surface area (Å²) in [5.41, 5.74) is 0.295. The topological polar surface area (TPSA) is 32.7 Å². The van der Waals surface area contributed by atoms with Crippen LogP contribution in [0.2, 0.25) is 0 Å². The van der Waals surface area contributed by atoms with Crippen molar-refractivity contribution in [1.29, 1.82) is 0 Å². The molecule has 12 heavy (non-hydrogen) atoms. The second-order valence-electron chi connectivity index (χ2n) is 4.44. The Morgan fingerprint density at radius 2 is 2.17 bits per heavy atom. The predicted octanol–water partition coefficient (Wildman–Crippen LogP) is 0.435. The van der Waals surface area contributed by atoms with E-state index in [1.165, 1.54) is 0 Å². The van der Waals surface area contributed by atoms with E-state index in [2.05, 4.69) is 18.7 Å². The molecule has 0 amide bonds. The Morgan fingerprint density at radius 3 is 2.42 bits per heavy atom. The average molecular weight is 171 g/mol. The molecule has 2 rings (SSSR count). The van der Waals surface area contributed by atoms with E-state index in [-0.39, 0.29) is 6.23 Å². The Bertz CT molecular complexity index is 177. The van der Waals surface area contributed by atoms with Crippen molar-refractivity contribution in [2.45, 2.75) is 32.5 Å². The van der Waals surface area contributed by atoms with E-state index in [9.17, 15) is 5.11 Å². The monoisotopic (exact) mass is 171 g/mol. The summed E-state index contributed by atoms with van der Waals surface area (Å²) in [5, 5.41) is 9.73. The zero-order valence-electron chi connectivity index (χ0n) is 7.79. The molecule has 2 aliphatic rings. The minimum atomic E-state index is -0.242. The van der Waals surface area contributed by atoms with Crippen molar-refractivity contribution >= 4 is 0 Å². The first-order valence-corrected chi connectivity index (χ1v) is 4.65. The van der Waals surface area contributed by atoms with Crippen molar-refractivity contribution in [2.75, 3.05) is 19.8 Å². The van der Waals surface area contributed by atoms with Crippen LogP contribution >= 0.6 is 0 Å². The van der Waals surface area contributed by atoms with Gasteiger partial charge in [0.1, 0.15) is 6.23 Å². The summed E-state index contributed by atoms with van der Waals surface area (Å²) in [4.78, 5) is 2.16. The van der Waals surface area contributed by atoms with Gasteiger partial charge in [-0.2, -0.15) is 0 Å². The average Bonchev–Trinajstić information content (AvgIpc) is 2.26. The third-order valence-corrected chi connectivity index (χ3v) is 3.00. The van der Waals surface area contributed by atoms with Crippen molar-refractivity contribution in [1.82, 2.24) is 4.90 Å². The minimum absolute atomic E-state index is 0.242. The molecule has 2 aliphatic heterocycles. The fourth-order valence-electron chi connectivity index (χ4n) is 2.19. The zero-order valence-corrected chi connectivity index (χ0v) is 7.79. The third kappa shape index (κ3) is 1.16. The van der Waals surface area contributed by atoms with Crippen LogP contribution in [0.3, 0.4) is 0 Å². The smallest absolute Gasteiger partial charge is 0.108 e. The highest BCUT2D eigenvalue weighted by atomic mass is 16.5. The Kier molecular flexibility index (Phi) is 1.90. The van der Waals surface area contributed by atoms with E-state index in [1.807, 2.05) is 0 Å². The number of ether oxygens (including phenoxy) is 1. The van der Waals surface area contributed by atoms with Gasteiger partial charge in [-0.15, -0.1) is 0 Å². The van der Waals surface area contributed by atoms with E-state index >= 15 is 0 Å². The van der Waals surface area contributed by atoms with Crippen molar-refractivity contribution in [3.05, 3.63) is 0 Å². The van der Waals surface area contributed by atoms with E-state index in [0.29, 0.717) is 11.5 Å². The quantitative estimate of drug-likeness (QED) is 0.621. The van der Waals surface area contributed by atoms with Crippen LogP contribution < -0.4 is 0 Å². The van der Waals surface area contributed by atoms with Crippen molar-refractivity contribution in [2.24, 2.45) is 5.41 Å². The maximum atomic E-state index is 9.73. The molecule has 1 N–H and O–H groups in total. The molecule has 0 saturated carbocycles. The molecule has 1 spiro atoms. The summed E-state index contributed by atoms with van der Waals surface area (Å²) in [6.07, 6.45) is 0.652. The number of hydrogen-bond acceptors (Lipinski definition) is 3. The van der Waals surface area contributed by atoms with Crippen molar-refractivity contribution < 1.29 is 9.84 Å². The van der Waals surface area contributed by atoms with Crippen molar-refractivity contribution in [3.63, 3.8) is 0 Å². The first-order chi connectivity index (χ1) is 5.63. The Balaban J connectivity index is 2.02. The summed E-state index contributed by atoms with van der Waals surface area (Å²) < 4.78 is 5.20. The standard InChI is InChI=1S/C9H17NO2/c1-7(2)10-4-9(3-8(10)11)5-12-6-9/h7-8,11H,3-6H2,1-2H3. The van der Waals surface area contributed by atoms with Gasteiger partial charge in [-0.3, -0.25) is 4.90 Å². The van der Waals surface area contributed by atoms with Crippen LogP contribution in [0.1, 0.15) is 20.3 Å². The number of nitrogens with zero attached hydrogens (tertiary/aromatic N) is 1. The molecular weight excluding hydrogens is 154 g/mol. The number of hydrogen-bond donors (Lipinski definition) is 1. The Labute approximate surface area is 73.3 Å². The fraction of sp³-hybridized carbons (Fsp3) is 1.00. The molecular formula is C9H17NO2. The Morgan fingerprint density at radius 1 is 1.50 bits per heavy atom. The van der Waals surface area contributed by atoms with E-state index in [1.54, 1.807) is 0 Å². The minimum Gasteiger partial charge on any atom is -0.380 e. The lowest BCUT2D eigenvalue weighted by atomic mass is 9.85. The normalized spacial score (nSPS) is 34.5. The summed E-state index contributed by atoms with van der Waals surface area (Å²) in [6, 6.07) is 0.444. The Hall–Kier alpha value is -0.120. The van der Waals surface area contributed by atoms with Crippen LogP contribution in [0.5, 0.6) is 0 Å². The van der Waals surface area contributed by atoms with Gasteiger partial charge in [-0.1, -0.05) is 0 Å². The lowest BCUT2D eigenvalue weighted by Crippen LogP contribution is -2.45. The van der Waals surface area contributed by atoms with Gasteiger partial charge in [0.2, 0.25) is 0 Å². The number of likely N-dealkylation sites (tertiary alicyclic amines) is 1. The van der Waals surface area contributed by atoms with Gasteiger partial charge in [0.15, 0.2) is 0 Å². The molecule has 70 valence electrons. The first-order valence-electron chi connectivity index (χ1n) is 4.65. The molecule has 0 aliphatic carbocycles. The highest BCUT2D eigenvalue weighted by Crippen LogP contribution is 2.40. The molecule has 1 atom stereocenters. The van der Waals surface area contributed by atoms with Crippen LogP contribution in [0.15, 0.2) is 0 Å². The van der Waals surface area contributed by atoms with Gasteiger partial charge >= 0.3 is 0 Å². The van der Waals surface area contributed by atoms with Gasteiger partial charge in [0, 0.05) is 18.0 Å². The van der Waals surface area contributed by atoms with E-state index in [0.717, 1.165) is 26.2 Å². The van der Waals surface area contributed by atoms with Gasteiger partial charge < -0.3 is 9.84 Å². The highest BCUT2D eigenvalue weighted by molar-refractivity contribution is 4.97. The fourth-order valence-corrected chi connectivity index (χ4v) is 2.19. The van der Waals surface area contributed by atoms with Crippen LogP contribution in [-0.4, -0.2) is 42.0 Å². The molecule has 0 aromatic rings. The molecule has 0 bridgehead atoms. The second-order valence-corrected chi connectivity index (χ2v) is 4.44. The van der Waals surface area contributed by atoms with Crippen LogP contribution in [0, 0.1) is 5.41 Å². The summed E-state index contributed by atoms with van der Waals surface area (Å²) in [6.45, 7) is 6.94. The predicted molar refractivity (Wildman–Crippen MR) is 45.7 cm³/mol. The van der Waals surface area contributed by atoms with Crippen LogP contribution in [0.4, 0.5) is 0 Å². The number of aliphatic hydroxyl groups excluding tert-OH is 1. The zero-order chi connectivity index (χ0) is 8.77. The molecule has 3 heteroatoms. The summed E-state index contributed by atoms with van der Waals surface area (Å²) >= 11 is 0. The van der Waals surface area contributed by atoms with Gasteiger partial charge in [0.25, 0.3) is 0 Å². The maximum absolute atomic E-state index is 9.73. The van der Waals surface area contributed by atoms with Gasteiger partial charge in [-0.25, -0.2) is 0 Å². The molecule has 2 heterocycles. The van der Waals surface area contributed by atoms with Crippen molar-refractivity contribution in [3.8, 4) is 0 Å². The lowest BCUT2D eigenvalue weighted by Gasteiger charge is -2.37. The lowest BCUT2D eigenvalue weighted by molar-refractivity contribution is -0.107. The molecule has 3 nitrogen and oxygen atoms in total. The molecule has 0 aromatic heterocycles. The third-order valence-electron chi connectivity index (χ3n) is 3.00. The highest BCUT2D eigenvalue weighted by Gasteiger charge is 2.49. The number of aliphatic hydroxyl groups is 1. The van der Waals surface area contributed by atoms with Crippen LogP contribution in [-0.2, 0) is 4.74 Å². The largest absolute Gasteiger partial charge is 0.380 e. The second kappa shape index (κ2) is 2.69.